The number of hydrogen-bond acceptors (Lipinski definition) is 4. The molecule has 142 valence electrons. The number of methoxy groups -OCH3 is 1. The summed E-state index contributed by atoms with van der Waals surface area (Å²) in [6.45, 7) is 0. The topological polar surface area (TPSA) is 99.7 Å². The van der Waals surface area contributed by atoms with Crippen molar-refractivity contribution in [2.75, 3.05) is 17.7 Å². The second kappa shape index (κ2) is 7.94. The first-order valence-corrected chi connectivity index (χ1v) is 8.83. The molecule has 2 amide bonds. The lowest BCUT2D eigenvalue weighted by Gasteiger charge is -2.32. The summed E-state index contributed by atoms with van der Waals surface area (Å²) in [6, 6.07) is 8.06. The molecule has 0 spiro atoms. The molecule has 2 unspecified atom stereocenters. The molecule has 0 saturated carbocycles. The predicted molar refractivity (Wildman–Crippen MR) is 104 cm³/mol. The normalized spacial score (nSPS) is 18.0. The number of anilines is 2. The van der Waals surface area contributed by atoms with Crippen LogP contribution in [0.3, 0.4) is 0 Å². The molecule has 0 fully saturated rings. The Hall–Kier alpha value is -2.64. The van der Waals surface area contributed by atoms with Crippen LogP contribution in [0, 0.1) is 0 Å². The summed E-state index contributed by atoms with van der Waals surface area (Å²) < 4.78 is 5.13. The van der Waals surface area contributed by atoms with Crippen molar-refractivity contribution in [2.45, 2.75) is 18.5 Å². The van der Waals surface area contributed by atoms with Crippen LogP contribution in [0.15, 0.2) is 36.4 Å². The molecule has 0 bridgehead atoms. The Kier molecular flexibility index (Phi) is 5.62. The molecule has 3 rings (SSSR count). The summed E-state index contributed by atoms with van der Waals surface area (Å²) in [5, 5.41) is 18.5. The molecular formula is C18H17Cl2N3O4. The van der Waals surface area contributed by atoms with Crippen molar-refractivity contribution in [3.63, 3.8) is 0 Å². The molecule has 9 heteroatoms. The molecule has 1 aliphatic rings. The first-order valence-electron chi connectivity index (χ1n) is 8.07. The fraction of sp³-hybridized carbons (Fsp3) is 0.222. The van der Waals surface area contributed by atoms with Gasteiger partial charge in [-0.2, -0.15) is 0 Å². The maximum Gasteiger partial charge on any atom is 0.326 e. The van der Waals surface area contributed by atoms with Gasteiger partial charge in [-0.05, 0) is 24.3 Å². The maximum atomic E-state index is 12.4. The summed E-state index contributed by atoms with van der Waals surface area (Å²) >= 11 is 12.3. The van der Waals surface area contributed by atoms with Gasteiger partial charge in [-0.3, -0.25) is 0 Å². The average Bonchev–Trinajstić information content (AvgIpc) is 2.60. The molecule has 7 nitrogen and oxygen atoms in total. The van der Waals surface area contributed by atoms with Gasteiger partial charge < -0.3 is 25.8 Å². The van der Waals surface area contributed by atoms with Gasteiger partial charge in [-0.25, -0.2) is 9.59 Å². The van der Waals surface area contributed by atoms with E-state index >= 15 is 0 Å². The number of aliphatic carboxylic acids is 1. The minimum Gasteiger partial charge on any atom is -0.497 e. The number of carboxylic acid groups (broad SMARTS) is 1. The zero-order valence-corrected chi connectivity index (χ0v) is 15.8. The summed E-state index contributed by atoms with van der Waals surface area (Å²) in [6.07, 6.45) is 0.134. The van der Waals surface area contributed by atoms with Crippen LogP contribution in [0.5, 0.6) is 5.75 Å². The van der Waals surface area contributed by atoms with Crippen LogP contribution < -0.4 is 20.7 Å². The van der Waals surface area contributed by atoms with Crippen LogP contribution in [-0.4, -0.2) is 30.3 Å². The van der Waals surface area contributed by atoms with Crippen molar-refractivity contribution in [1.82, 2.24) is 5.32 Å². The number of carbonyl (C=O) groups is 2. The Morgan fingerprint density at radius 3 is 2.74 bits per heavy atom. The van der Waals surface area contributed by atoms with Gasteiger partial charge in [0.2, 0.25) is 0 Å². The highest BCUT2D eigenvalue weighted by Crippen LogP contribution is 2.39. The number of benzene rings is 2. The van der Waals surface area contributed by atoms with Gasteiger partial charge in [0.15, 0.2) is 0 Å². The number of carbonyl (C=O) groups excluding carboxylic acids is 1. The van der Waals surface area contributed by atoms with Gasteiger partial charge in [0.05, 0.1) is 13.2 Å². The third-order valence-corrected chi connectivity index (χ3v) is 4.71. The number of amides is 2. The number of fused-ring (bicyclic) bond motifs is 1. The number of ether oxygens (including phenoxy) is 1. The van der Waals surface area contributed by atoms with Crippen molar-refractivity contribution in [3.05, 3.63) is 52.0 Å². The Morgan fingerprint density at radius 1 is 1.26 bits per heavy atom. The average molecular weight is 410 g/mol. The third kappa shape index (κ3) is 4.37. The van der Waals surface area contributed by atoms with Crippen molar-refractivity contribution < 1.29 is 19.4 Å². The Labute approximate surface area is 165 Å². The summed E-state index contributed by atoms with van der Waals surface area (Å²) in [5.41, 5.74) is 1.62. The van der Waals surface area contributed by atoms with Crippen molar-refractivity contribution in [3.8, 4) is 5.75 Å². The highest BCUT2D eigenvalue weighted by Gasteiger charge is 2.33. The van der Waals surface area contributed by atoms with Crippen molar-refractivity contribution in [2.24, 2.45) is 0 Å². The number of nitrogens with one attached hydrogen (secondary N) is 3. The maximum absolute atomic E-state index is 12.4. The van der Waals surface area contributed by atoms with Gasteiger partial charge in [0.25, 0.3) is 0 Å². The van der Waals surface area contributed by atoms with Gasteiger partial charge in [-0.1, -0.05) is 29.3 Å². The molecule has 0 saturated heterocycles. The first kappa shape index (κ1) is 19.1. The second-order valence-electron chi connectivity index (χ2n) is 6.00. The highest BCUT2D eigenvalue weighted by molar-refractivity contribution is 6.35. The first-order chi connectivity index (χ1) is 12.9. The minimum absolute atomic E-state index is 0.134. The lowest BCUT2D eigenvalue weighted by atomic mass is 9.93. The van der Waals surface area contributed by atoms with Gasteiger partial charge >= 0.3 is 12.0 Å². The molecule has 2 aromatic carbocycles. The van der Waals surface area contributed by atoms with E-state index in [1.807, 2.05) is 0 Å². The fourth-order valence-corrected chi connectivity index (χ4v) is 3.60. The minimum atomic E-state index is -1.03. The molecule has 27 heavy (non-hydrogen) atoms. The number of rotatable bonds is 4. The van der Waals surface area contributed by atoms with E-state index in [-0.39, 0.29) is 6.42 Å². The predicted octanol–water partition coefficient (Wildman–Crippen LogP) is 4.13. The lowest BCUT2D eigenvalue weighted by molar-refractivity contribution is -0.138. The zero-order chi connectivity index (χ0) is 19.6. The zero-order valence-electron chi connectivity index (χ0n) is 14.3. The monoisotopic (exact) mass is 409 g/mol. The van der Waals surface area contributed by atoms with E-state index in [4.69, 9.17) is 27.9 Å². The molecule has 4 N–H and O–H groups in total. The molecule has 2 atom stereocenters. The van der Waals surface area contributed by atoms with Crippen LogP contribution in [0.25, 0.3) is 0 Å². The molecule has 1 aliphatic heterocycles. The SMILES string of the molecule is COc1cccc(NC(=O)NC2CC(C(=O)O)Nc3cc(Cl)cc(Cl)c32)c1. The largest absolute Gasteiger partial charge is 0.497 e. The van der Waals surface area contributed by atoms with E-state index in [1.165, 1.54) is 7.11 Å². The van der Waals surface area contributed by atoms with E-state index in [0.717, 1.165) is 0 Å². The van der Waals surface area contributed by atoms with E-state index in [2.05, 4.69) is 16.0 Å². The van der Waals surface area contributed by atoms with E-state index in [1.54, 1.807) is 36.4 Å². The lowest BCUT2D eigenvalue weighted by Crippen LogP contribution is -2.42. The van der Waals surface area contributed by atoms with Crippen LogP contribution >= 0.6 is 23.2 Å². The smallest absolute Gasteiger partial charge is 0.326 e. The van der Waals surface area contributed by atoms with E-state index in [9.17, 15) is 14.7 Å². The number of halogens is 2. The second-order valence-corrected chi connectivity index (χ2v) is 6.85. The number of urea groups is 1. The van der Waals surface area contributed by atoms with Crippen LogP contribution in [0.4, 0.5) is 16.2 Å². The molecule has 0 radical (unpaired) electrons. The van der Waals surface area contributed by atoms with Crippen LogP contribution in [0.1, 0.15) is 18.0 Å². The molecule has 0 aliphatic carbocycles. The quantitative estimate of drug-likeness (QED) is 0.608. The highest BCUT2D eigenvalue weighted by atomic mass is 35.5. The summed E-state index contributed by atoms with van der Waals surface area (Å²) in [4.78, 5) is 23.9. The Morgan fingerprint density at radius 2 is 2.04 bits per heavy atom. The molecular weight excluding hydrogens is 393 g/mol. The van der Waals surface area contributed by atoms with Crippen LogP contribution in [0.2, 0.25) is 10.0 Å². The molecule has 0 aromatic heterocycles. The van der Waals surface area contributed by atoms with Gasteiger partial charge in [-0.15, -0.1) is 0 Å². The van der Waals surface area contributed by atoms with Crippen LogP contribution in [-0.2, 0) is 4.79 Å². The van der Waals surface area contributed by atoms with E-state index in [0.29, 0.717) is 32.7 Å². The third-order valence-electron chi connectivity index (χ3n) is 4.17. The standard InChI is InChI=1S/C18H17Cl2N3O4/c1-27-11-4-2-3-10(7-11)21-18(26)23-14-8-15(17(24)25)22-13-6-9(19)5-12(20)16(13)14/h2-7,14-15,22H,8H2,1H3,(H,24,25)(H2,21,23,26). The van der Waals surface area contributed by atoms with Gasteiger partial charge in [0, 0.05) is 39.5 Å². The summed E-state index contributed by atoms with van der Waals surface area (Å²) in [5.74, 6) is -0.430. The Balaban J connectivity index is 1.82. The molecule has 1 heterocycles. The van der Waals surface area contributed by atoms with Crippen molar-refractivity contribution in [1.29, 1.82) is 0 Å². The fourth-order valence-electron chi connectivity index (χ4n) is 2.98. The summed E-state index contributed by atoms with van der Waals surface area (Å²) in [7, 11) is 1.53. The van der Waals surface area contributed by atoms with Gasteiger partial charge in [0.1, 0.15) is 11.8 Å². The van der Waals surface area contributed by atoms with E-state index < -0.39 is 24.1 Å². The number of hydrogen-bond donors (Lipinski definition) is 4. The molecule has 2 aromatic rings. The van der Waals surface area contributed by atoms with Crippen molar-refractivity contribution >= 4 is 46.6 Å². The Bertz CT molecular complexity index is 891. The number of carboxylic acids is 1.